The summed E-state index contributed by atoms with van der Waals surface area (Å²) in [7, 11) is 0. The molecule has 13 heavy (non-hydrogen) atoms. The van der Waals surface area contributed by atoms with Crippen LogP contribution in [-0.2, 0) is 0 Å². The molecule has 0 unspecified atom stereocenters. The van der Waals surface area contributed by atoms with Gasteiger partial charge < -0.3 is 10.4 Å². The van der Waals surface area contributed by atoms with Gasteiger partial charge in [-0.1, -0.05) is 0 Å². The Bertz CT molecular complexity index is 314. The first-order valence-electron chi connectivity index (χ1n) is 4.11. The van der Waals surface area contributed by atoms with Crippen LogP contribution in [0.1, 0.15) is 12.8 Å². The maximum atomic E-state index is 13.0. The molecule has 0 aromatic carbocycles. The fourth-order valence-electron chi connectivity index (χ4n) is 1.13. The third kappa shape index (κ3) is 1.60. The Morgan fingerprint density at radius 3 is 2.69 bits per heavy atom. The van der Waals surface area contributed by atoms with Crippen LogP contribution in [0.15, 0.2) is 12.4 Å². The number of aliphatic hydroxyl groups excluding tert-OH is 1. The highest BCUT2D eigenvalue weighted by Gasteiger charge is 2.42. The van der Waals surface area contributed by atoms with E-state index in [0.29, 0.717) is 0 Å². The minimum Gasteiger partial charge on any atom is -0.394 e. The molecule has 0 aliphatic heterocycles. The van der Waals surface area contributed by atoms with Crippen molar-refractivity contribution in [2.24, 2.45) is 0 Å². The highest BCUT2D eigenvalue weighted by molar-refractivity contribution is 5.39. The van der Waals surface area contributed by atoms with E-state index in [0.717, 1.165) is 12.8 Å². The van der Waals surface area contributed by atoms with Crippen molar-refractivity contribution in [2.45, 2.75) is 18.4 Å². The van der Waals surface area contributed by atoms with Crippen LogP contribution < -0.4 is 5.32 Å². The van der Waals surface area contributed by atoms with E-state index >= 15 is 0 Å². The molecule has 5 heteroatoms. The van der Waals surface area contributed by atoms with Crippen molar-refractivity contribution in [3.63, 3.8) is 0 Å². The molecule has 2 rings (SSSR count). The first kappa shape index (κ1) is 8.37. The van der Waals surface area contributed by atoms with Crippen LogP contribution in [-0.4, -0.2) is 27.2 Å². The van der Waals surface area contributed by atoms with E-state index in [4.69, 9.17) is 5.11 Å². The predicted molar refractivity (Wildman–Crippen MR) is 44.7 cm³/mol. The largest absolute Gasteiger partial charge is 0.394 e. The molecular weight excluding hydrogens is 173 g/mol. The second kappa shape index (κ2) is 2.92. The van der Waals surface area contributed by atoms with E-state index in [1.54, 1.807) is 0 Å². The lowest BCUT2D eigenvalue weighted by atomic mass is 10.3. The van der Waals surface area contributed by atoms with Gasteiger partial charge in [0.2, 0.25) is 0 Å². The van der Waals surface area contributed by atoms with Crippen LogP contribution in [0.25, 0.3) is 0 Å². The lowest BCUT2D eigenvalue weighted by Gasteiger charge is -2.14. The number of rotatable bonds is 3. The van der Waals surface area contributed by atoms with Crippen molar-refractivity contribution in [1.82, 2.24) is 9.97 Å². The van der Waals surface area contributed by atoms with Crippen LogP contribution in [0.2, 0.25) is 0 Å². The molecule has 1 aromatic rings. The van der Waals surface area contributed by atoms with E-state index in [2.05, 4.69) is 15.3 Å². The lowest BCUT2D eigenvalue weighted by molar-refractivity contribution is 0.265. The first-order valence-corrected chi connectivity index (χ1v) is 4.11. The normalized spacial score (nSPS) is 18.3. The topological polar surface area (TPSA) is 58.0 Å². The highest BCUT2D eigenvalue weighted by atomic mass is 19.1. The zero-order chi connectivity index (χ0) is 9.31. The Balaban J connectivity index is 2.14. The van der Waals surface area contributed by atoms with Gasteiger partial charge in [0.25, 0.3) is 5.95 Å². The van der Waals surface area contributed by atoms with Gasteiger partial charge in [-0.15, -0.1) is 0 Å². The van der Waals surface area contributed by atoms with E-state index in [-0.39, 0.29) is 18.0 Å². The third-order valence-electron chi connectivity index (χ3n) is 2.19. The molecule has 0 amide bonds. The number of hydrogen-bond donors (Lipinski definition) is 2. The van der Waals surface area contributed by atoms with Gasteiger partial charge in [-0.25, -0.2) is 9.97 Å². The molecule has 2 N–H and O–H groups in total. The van der Waals surface area contributed by atoms with Crippen molar-refractivity contribution < 1.29 is 9.50 Å². The van der Waals surface area contributed by atoms with Crippen LogP contribution in [0.5, 0.6) is 0 Å². The summed E-state index contributed by atoms with van der Waals surface area (Å²) >= 11 is 0. The van der Waals surface area contributed by atoms with E-state index in [1.165, 1.54) is 12.4 Å². The van der Waals surface area contributed by atoms with Crippen LogP contribution in [0.3, 0.4) is 0 Å². The Morgan fingerprint density at radius 1 is 1.46 bits per heavy atom. The summed E-state index contributed by atoms with van der Waals surface area (Å²) in [6.45, 7) is 0.00299. The van der Waals surface area contributed by atoms with Gasteiger partial charge in [-0.3, -0.25) is 0 Å². The van der Waals surface area contributed by atoms with Crippen molar-refractivity contribution in [3.05, 3.63) is 18.3 Å². The first-order chi connectivity index (χ1) is 6.26. The monoisotopic (exact) mass is 183 g/mol. The zero-order valence-corrected chi connectivity index (χ0v) is 7.00. The Labute approximate surface area is 74.8 Å². The molecule has 70 valence electrons. The summed E-state index contributed by atoms with van der Waals surface area (Å²) in [4.78, 5) is 7.24. The second-order valence-corrected chi connectivity index (χ2v) is 3.26. The number of nitrogens with zero attached hydrogens (tertiary/aromatic N) is 2. The molecule has 0 spiro atoms. The summed E-state index contributed by atoms with van der Waals surface area (Å²) in [5.41, 5.74) is -0.350. The average molecular weight is 183 g/mol. The van der Waals surface area contributed by atoms with Crippen LogP contribution in [0, 0.1) is 5.95 Å². The standard InChI is InChI=1S/C8H10FN3O/c9-6-7(11-4-3-10-6)12-8(5-13)1-2-8/h3-4,13H,1-2,5H2,(H,11,12). The third-order valence-corrected chi connectivity index (χ3v) is 2.19. The number of halogens is 1. The molecular formula is C8H10FN3O. The summed E-state index contributed by atoms with van der Waals surface area (Å²) in [6, 6.07) is 0. The summed E-state index contributed by atoms with van der Waals surface area (Å²) in [5, 5.41) is 11.8. The van der Waals surface area contributed by atoms with Gasteiger partial charge in [0, 0.05) is 12.4 Å². The smallest absolute Gasteiger partial charge is 0.255 e. The maximum absolute atomic E-state index is 13.0. The van der Waals surface area contributed by atoms with E-state index < -0.39 is 5.95 Å². The van der Waals surface area contributed by atoms with Crippen LogP contribution in [0.4, 0.5) is 10.2 Å². The second-order valence-electron chi connectivity index (χ2n) is 3.26. The fraction of sp³-hybridized carbons (Fsp3) is 0.500. The molecule has 1 aromatic heterocycles. The number of nitrogens with one attached hydrogen (secondary N) is 1. The van der Waals surface area contributed by atoms with Crippen molar-refractivity contribution >= 4 is 5.82 Å². The van der Waals surface area contributed by atoms with Gasteiger partial charge in [0.1, 0.15) is 0 Å². The van der Waals surface area contributed by atoms with Gasteiger partial charge in [0.15, 0.2) is 5.82 Å². The highest BCUT2D eigenvalue weighted by Crippen LogP contribution is 2.37. The molecule has 1 fully saturated rings. The number of anilines is 1. The SMILES string of the molecule is OCC1(Nc2nccnc2F)CC1. The van der Waals surface area contributed by atoms with Gasteiger partial charge >= 0.3 is 0 Å². The zero-order valence-electron chi connectivity index (χ0n) is 7.00. The van der Waals surface area contributed by atoms with Crippen molar-refractivity contribution in [3.8, 4) is 0 Å². The van der Waals surface area contributed by atoms with Crippen molar-refractivity contribution in [2.75, 3.05) is 11.9 Å². The molecule has 0 saturated heterocycles. The summed E-state index contributed by atoms with van der Waals surface area (Å²) < 4.78 is 13.0. The Morgan fingerprint density at radius 2 is 2.15 bits per heavy atom. The summed E-state index contributed by atoms with van der Waals surface area (Å²) in [5.74, 6) is -0.503. The average Bonchev–Trinajstić information content (AvgIpc) is 2.90. The van der Waals surface area contributed by atoms with E-state index in [9.17, 15) is 4.39 Å². The van der Waals surface area contributed by atoms with Gasteiger partial charge in [-0.05, 0) is 12.8 Å². The molecule has 1 saturated carbocycles. The van der Waals surface area contributed by atoms with Gasteiger partial charge in [0.05, 0.1) is 12.1 Å². The minimum atomic E-state index is -0.623. The maximum Gasteiger partial charge on any atom is 0.255 e. The van der Waals surface area contributed by atoms with Gasteiger partial charge in [-0.2, -0.15) is 4.39 Å². The quantitative estimate of drug-likeness (QED) is 0.718. The van der Waals surface area contributed by atoms with Crippen LogP contribution >= 0.6 is 0 Å². The summed E-state index contributed by atoms with van der Waals surface area (Å²) in [6.07, 6.45) is 4.40. The minimum absolute atomic E-state index is 0.00299. The number of hydrogen-bond acceptors (Lipinski definition) is 4. The molecule has 1 aliphatic carbocycles. The predicted octanol–water partition coefficient (Wildman–Crippen LogP) is 0.552. The Hall–Kier alpha value is -1.23. The molecule has 0 atom stereocenters. The molecule has 1 aliphatic rings. The molecule has 1 heterocycles. The number of aromatic nitrogens is 2. The molecule has 0 bridgehead atoms. The molecule has 4 nitrogen and oxygen atoms in total. The fourth-order valence-corrected chi connectivity index (χ4v) is 1.13. The Kier molecular flexibility index (Phi) is 1.88. The van der Waals surface area contributed by atoms with E-state index in [1.807, 2.05) is 0 Å². The molecule has 0 radical (unpaired) electrons. The number of aliphatic hydroxyl groups is 1. The van der Waals surface area contributed by atoms with Crippen molar-refractivity contribution in [1.29, 1.82) is 0 Å². The lowest BCUT2D eigenvalue weighted by Crippen LogP contribution is -2.26.